The standard InChI is InChI=1S/C12H10BrNO3S2/c1-19(16,17)14-10-4-2-8(3-5-10)12(15)9-6-11(13)18-7-9/h2-7,14H,1H3. The molecule has 7 heteroatoms. The van der Waals surface area contributed by atoms with Crippen molar-refractivity contribution in [1.29, 1.82) is 0 Å². The van der Waals surface area contributed by atoms with Crippen LogP contribution < -0.4 is 4.72 Å². The fraction of sp³-hybridized carbons (Fsp3) is 0.0833. The minimum atomic E-state index is -3.30. The summed E-state index contributed by atoms with van der Waals surface area (Å²) in [5.41, 5.74) is 1.57. The molecule has 1 N–H and O–H groups in total. The fourth-order valence-electron chi connectivity index (χ4n) is 1.50. The van der Waals surface area contributed by atoms with Crippen LogP contribution in [0.1, 0.15) is 15.9 Å². The number of ketones is 1. The lowest BCUT2D eigenvalue weighted by Crippen LogP contribution is -2.09. The van der Waals surface area contributed by atoms with Gasteiger partial charge >= 0.3 is 0 Å². The number of rotatable bonds is 4. The van der Waals surface area contributed by atoms with Crippen molar-refractivity contribution < 1.29 is 13.2 Å². The van der Waals surface area contributed by atoms with Gasteiger partial charge in [0, 0.05) is 22.2 Å². The molecule has 0 saturated heterocycles. The van der Waals surface area contributed by atoms with E-state index in [1.807, 2.05) is 0 Å². The van der Waals surface area contributed by atoms with E-state index in [4.69, 9.17) is 0 Å². The van der Waals surface area contributed by atoms with Gasteiger partial charge in [0.15, 0.2) is 5.78 Å². The second kappa shape index (κ2) is 5.44. The van der Waals surface area contributed by atoms with Crippen LogP contribution in [0, 0.1) is 0 Å². The van der Waals surface area contributed by atoms with Gasteiger partial charge < -0.3 is 0 Å². The number of sulfonamides is 1. The lowest BCUT2D eigenvalue weighted by Gasteiger charge is -2.04. The first-order valence-corrected chi connectivity index (χ1v) is 8.78. The van der Waals surface area contributed by atoms with E-state index >= 15 is 0 Å². The summed E-state index contributed by atoms with van der Waals surface area (Å²) in [5.74, 6) is -0.0899. The van der Waals surface area contributed by atoms with E-state index < -0.39 is 10.0 Å². The van der Waals surface area contributed by atoms with Crippen molar-refractivity contribution in [2.75, 3.05) is 11.0 Å². The van der Waals surface area contributed by atoms with E-state index in [2.05, 4.69) is 20.7 Å². The molecule has 0 aliphatic rings. The highest BCUT2D eigenvalue weighted by molar-refractivity contribution is 9.11. The summed E-state index contributed by atoms with van der Waals surface area (Å²) in [6.45, 7) is 0. The average molecular weight is 360 g/mol. The van der Waals surface area contributed by atoms with Gasteiger partial charge in [-0.1, -0.05) is 0 Å². The third-order valence-corrected chi connectivity index (χ3v) is 4.39. The Morgan fingerprint density at radius 3 is 2.32 bits per heavy atom. The first-order chi connectivity index (χ1) is 8.85. The van der Waals surface area contributed by atoms with Crippen molar-refractivity contribution in [3.8, 4) is 0 Å². The first kappa shape index (κ1) is 14.2. The minimum absolute atomic E-state index is 0.0899. The smallest absolute Gasteiger partial charge is 0.229 e. The number of carbonyl (C=O) groups is 1. The number of anilines is 1. The molecular formula is C12H10BrNO3S2. The van der Waals surface area contributed by atoms with Crippen molar-refractivity contribution in [3.05, 3.63) is 50.6 Å². The van der Waals surface area contributed by atoms with Gasteiger partial charge in [-0.25, -0.2) is 8.42 Å². The zero-order chi connectivity index (χ0) is 14.0. The molecule has 0 aliphatic carbocycles. The van der Waals surface area contributed by atoms with Gasteiger partial charge in [0.25, 0.3) is 0 Å². The summed E-state index contributed by atoms with van der Waals surface area (Å²) in [7, 11) is -3.30. The lowest BCUT2D eigenvalue weighted by atomic mass is 10.1. The highest BCUT2D eigenvalue weighted by atomic mass is 79.9. The monoisotopic (exact) mass is 359 g/mol. The summed E-state index contributed by atoms with van der Waals surface area (Å²) in [4.78, 5) is 12.1. The van der Waals surface area contributed by atoms with Gasteiger partial charge in [0.05, 0.1) is 10.0 Å². The van der Waals surface area contributed by atoms with E-state index in [1.165, 1.54) is 11.3 Å². The Hall–Kier alpha value is -1.18. The molecule has 0 fully saturated rings. The van der Waals surface area contributed by atoms with Crippen LogP contribution in [0.3, 0.4) is 0 Å². The van der Waals surface area contributed by atoms with Crippen LogP contribution in [0.25, 0.3) is 0 Å². The first-order valence-electron chi connectivity index (χ1n) is 5.22. The summed E-state index contributed by atoms with van der Waals surface area (Å²) >= 11 is 4.75. The van der Waals surface area contributed by atoms with Crippen LogP contribution in [-0.4, -0.2) is 20.5 Å². The molecule has 0 bridgehead atoms. The topological polar surface area (TPSA) is 63.2 Å². The van der Waals surface area contributed by atoms with Crippen LogP contribution in [0.5, 0.6) is 0 Å². The van der Waals surface area contributed by atoms with Gasteiger partial charge in [-0.15, -0.1) is 11.3 Å². The van der Waals surface area contributed by atoms with Crippen molar-refractivity contribution >= 4 is 48.8 Å². The molecule has 1 aromatic heterocycles. The van der Waals surface area contributed by atoms with Crippen LogP contribution in [-0.2, 0) is 10.0 Å². The summed E-state index contributed by atoms with van der Waals surface area (Å²) in [6, 6.07) is 8.09. The normalized spacial score (nSPS) is 11.3. The molecule has 1 aromatic carbocycles. The highest BCUT2D eigenvalue weighted by Gasteiger charge is 2.11. The van der Waals surface area contributed by atoms with Crippen LogP contribution >= 0.6 is 27.3 Å². The Morgan fingerprint density at radius 2 is 1.84 bits per heavy atom. The number of hydrogen-bond donors (Lipinski definition) is 1. The third-order valence-electron chi connectivity index (χ3n) is 2.28. The molecule has 0 aliphatic heterocycles. The van der Waals surface area contributed by atoms with E-state index in [0.29, 0.717) is 16.8 Å². The fourth-order valence-corrected chi connectivity index (χ4v) is 3.20. The SMILES string of the molecule is CS(=O)(=O)Nc1ccc(C(=O)c2csc(Br)c2)cc1. The maximum Gasteiger partial charge on any atom is 0.229 e. The van der Waals surface area contributed by atoms with Gasteiger partial charge in [-0.2, -0.15) is 0 Å². The molecule has 1 heterocycles. The molecule has 0 unspecified atom stereocenters. The van der Waals surface area contributed by atoms with E-state index in [9.17, 15) is 13.2 Å². The molecule has 2 rings (SSSR count). The zero-order valence-corrected chi connectivity index (χ0v) is 13.1. The summed E-state index contributed by atoms with van der Waals surface area (Å²) in [6.07, 6.45) is 1.08. The van der Waals surface area contributed by atoms with Crippen LogP contribution in [0.2, 0.25) is 0 Å². The Kier molecular flexibility index (Phi) is 4.07. The van der Waals surface area contributed by atoms with Crippen LogP contribution in [0.15, 0.2) is 39.5 Å². The number of carbonyl (C=O) groups excluding carboxylic acids is 1. The third kappa shape index (κ3) is 3.89. The Balaban J connectivity index is 2.21. The molecule has 4 nitrogen and oxygen atoms in total. The number of thiophene rings is 1. The molecule has 19 heavy (non-hydrogen) atoms. The molecular weight excluding hydrogens is 350 g/mol. The minimum Gasteiger partial charge on any atom is -0.289 e. The molecule has 0 amide bonds. The Labute approximate surface area is 123 Å². The summed E-state index contributed by atoms with van der Waals surface area (Å²) in [5, 5.41) is 1.77. The average Bonchev–Trinajstić information content (AvgIpc) is 2.74. The predicted octanol–water partition coefficient (Wildman–Crippen LogP) is 3.11. The summed E-state index contributed by atoms with van der Waals surface area (Å²) < 4.78 is 25.4. The predicted molar refractivity (Wildman–Crippen MR) is 80.4 cm³/mol. The number of hydrogen-bond acceptors (Lipinski definition) is 4. The maximum atomic E-state index is 12.1. The van der Waals surface area contributed by atoms with Crippen molar-refractivity contribution in [2.24, 2.45) is 0 Å². The molecule has 2 aromatic rings. The Bertz CT molecular complexity index is 705. The van der Waals surface area contributed by atoms with Gasteiger partial charge in [-0.05, 0) is 46.3 Å². The number of halogens is 1. The molecule has 0 saturated carbocycles. The van der Waals surface area contributed by atoms with Crippen molar-refractivity contribution in [2.45, 2.75) is 0 Å². The Morgan fingerprint density at radius 1 is 1.21 bits per heavy atom. The molecule has 0 radical (unpaired) electrons. The second-order valence-corrected chi connectivity index (χ2v) is 7.96. The van der Waals surface area contributed by atoms with Crippen LogP contribution in [0.4, 0.5) is 5.69 Å². The lowest BCUT2D eigenvalue weighted by molar-refractivity contribution is 0.103. The molecule has 100 valence electrons. The van der Waals surface area contributed by atoms with E-state index in [-0.39, 0.29) is 5.78 Å². The second-order valence-electron chi connectivity index (χ2n) is 3.92. The van der Waals surface area contributed by atoms with Crippen molar-refractivity contribution in [3.63, 3.8) is 0 Å². The largest absolute Gasteiger partial charge is 0.289 e. The number of benzene rings is 1. The molecule has 0 atom stereocenters. The van der Waals surface area contributed by atoms with E-state index in [1.54, 1.807) is 35.7 Å². The quantitative estimate of drug-likeness (QED) is 0.853. The van der Waals surface area contributed by atoms with Gasteiger partial charge in [0.2, 0.25) is 10.0 Å². The number of nitrogens with one attached hydrogen (secondary N) is 1. The molecule has 0 spiro atoms. The van der Waals surface area contributed by atoms with Crippen molar-refractivity contribution in [1.82, 2.24) is 0 Å². The highest BCUT2D eigenvalue weighted by Crippen LogP contribution is 2.23. The van der Waals surface area contributed by atoms with Gasteiger partial charge in [-0.3, -0.25) is 9.52 Å². The maximum absolute atomic E-state index is 12.1. The van der Waals surface area contributed by atoms with Gasteiger partial charge in [0.1, 0.15) is 0 Å². The van der Waals surface area contributed by atoms with E-state index in [0.717, 1.165) is 10.0 Å². The zero-order valence-electron chi connectivity index (χ0n) is 9.88.